The quantitative estimate of drug-likeness (QED) is 0.612. The van der Waals surface area contributed by atoms with Crippen LogP contribution in [-0.4, -0.2) is 62.1 Å². The molecule has 2 heterocycles. The Balaban J connectivity index is 1.93. The monoisotopic (exact) mass is 355 g/mol. The number of benzene rings is 1. The van der Waals surface area contributed by atoms with Crippen LogP contribution in [-0.2, 0) is 9.53 Å². The number of aliphatic carboxylic acids is 1. The lowest BCUT2D eigenvalue weighted by Gasteiger charge is -2.38. The van der Waals surface area contributed by atoms with Crippen LogP contribution < -0.4 is 4.74 Å². The van der Waals surface area contributed by atoms with Gasteiger partial charge in [0.15, 0.2) is 6.10 Å². The highest BCUT2D eigenvalue weighted by atomic mass is 35.5. The fourth-order valence-electron chi connectivity index (χ4n) is 2.48. The van der Waals surface area contributed by atoms with Crippen LogP contribution in [0.1, 0.15) is 0 Å². The molecule has 0 bridgehead atoms. The average Bonchev–Trinajstić information content (AvgIpc) is 2.57. The van der Waals surface area contributed by atoms with Crippen molar-refractivity contribution in [2.75, 3.05) is 0 Å². The molecule has 0 amide bonds. The number of aliphatic hydroxyl groups excluding tert-OH is 3. The van der Waals surface area contributed by atoms with Gasteiger partial charge in [-0.25, -0.2) is 4.79 Å². The summed E-state index contributed by atoms with van der Waals surface area (Å²) >= 11 is 6.08. The zero-order valence-corrected chi connectivity index (χ0v) is 12.9. The summed E-state index contributed by atoms with van der Waals surface area (Å²) in [4.78, 5) is 15.3. The lowest BCUT2D eigenvalue weighted by Crippen LogP contribution is -2.61. The van der Waals surface area contributed by atoms with Gasteiger partial charge in [0.2, 0.25) is 6.29 Å². The second-order valence-corrected chi connectivity index (χ2v) is 5.71. The van der Waals surface area contributed by atoms with Crippen LogP contribution in [0.2, 0.25) is 5.02 Å². The van der Waals surface area contributed by atoms with Crippen LogP contribution >= 0.6 is 11.6 Å². The summed E-state index contributed by atoms with van der Waals surface area (Å²) < 4.78 is 10.6. The first-order valence-corrected chi connectivity index (χ1v) is 7.40. The van der Waals surface area contributed by atoms with Gasteiger partial charge in [0.25, 0.3) is 0 Å². The van der Waals surface area contributed by atoms with Gasteiger partial charge >= 0.3 is 5.97 Å². The number of hydrogen-bond donors (Lipinski definition) is 4. The largest absolute Gasteiger partial charge is 0.479 e. The SMILES string of the molecule is O=C(O)C1OC(Oc2ccc(Cl)c3cccnc23)C(O)C(O)C1O. The molecule has 1 aliphatic rings. The van der Waals surface area contributed by atoms with Gasteiger partial charge in [0.1, 0.15) is 29.6 Å². The van der Waals surface area contributed by atoms with Crippen molar-refractivity contribution in [1.29, 1.82) is 0 Å². The van der Waals surface area contributed by atoms with Crippen molar-refractivity contribution in [3.05, 3.63) is 35.5 Å². The number of carboxylic acids is 1. The zero-order valence-electron chi connectivity index (χ0n) is 12.1. The fraction of sp³-hybridized carbons (Fsp3) is 0.333. The number of nitrogens with zero attached hydrogens (tertiary/aromatic N) is 1. The summed E-state index contributed by atoms with van der Waals surface area (Å²) in [5.74, 6) is -1.30. The van der Waals surface area contributed by atoms with E-state index in [1.165, 1.54) is 12.3 Å². The molecule has 5 unspecified atom stereocenters. The van der Waals surface area contributed by atoms with Crippen LogP contribution in [0.3, 0.4) is 0 Å². The highest BCUT2D eigenvalue weighted by Crippen LogP contribution is 2.32. The second kappa shape index (κ2) is 6.50. The minimum atomic E-state index is -1.78. The van der Waals surface area contributed by atoms with E-state index in [0.29, 0.717) is 15.9 Å². The summed E-state index contributed by atoms with van der Waals surface area (Å²) in [5.41, 5.74) is 0.383. The summed E-state index contributed by atoms with van der Waals surface area (Å²) in [5, 5.41) is 39.6. The normalized spacial score (nSPS) is 30.2. The van der Waals surface area contributed by atoms with Gasteiger partial charge in [-0.3, -0.25) is 4.98 Å². The van der Waals surface area contributed by atoms with E-state index in [1.807, 2.05) is 0 Å². The lowest BCUT2D eigenvalue weighted by molar-refractivity contribution is -0.270. The molecule has 4 N–H and O–H groups in total. The van der Waals surface area contributed by atoms with Crippen LogP contribution in [0.15, 0.2) is 30.5 Å². The Hall–Kier alpha value is -1.97. The summed E-state index contributed by atoms with van der Waals surface area (Å²) in [6.45, 7) is 0. The molecule has 9 heteroatoms. The van der Waals surface area contributed by atoms with E-state index in [9.17, 15) is 20.1 Å². The molecule has 1 fully saturated rings. The first-order valence-electron chi connectivity index (χ1n) is 7.02. The maximum Gasteiger partial charge on any atom is 0.335 e. The molecule has 128 valence electrons. The molecule has 0 saturated carbocycles. The number of hydrogen-bond acceptors (Lipinski definition) is 7. The lowest BCUT2D eigenvalue weighted by atomic mass is 9.99. The molecule has 1 saturated heterocycles. The number of pyridine rings is 1. The molecular weight excluding hydrogens is 342 g/mol. The topological polar surface area (TPSA) is 129 Å². The van der Waals surface area contributed by atoms with Crippen LogP contribution in [0, 0.1) is 0 Å². The van der Waals surface area contributed by atoms with Gasteiger partial charge in [-0.05, 0) is 24.3 Å². The molecule has 8 nitrogen and oxygen atoms in total. The molecule has 0 radical (unpaired) electrons. The number of aliphatic hydroxyl groups is 3. The van der Waals surface area contributed by atoms with Crippen molar-refractivity contribution in [1.82, 2.24) is 4.98 Å². The molecule has 3 rings (SSSR count). The van der Waals surface area contributed by atoms with Crippen molar-refractivity contribution >= 4 is 28.5 Å². The van der Waals surface area contributed by atoms with Crippen LogP contribution in [0.5, 0.6) is 5.75 Å². The van der Waals surface area contributed by atoms with E-state index >= 15 is 0 Å². The van der Waals surface area contributed by atoms with Crippen LogP contribution in [0.4, 0.5) is 0 Å². The van der Waals surface area contributed by atoms with Crippen molar-refractivity contribution in [3.8, 4) is 5.75 Å². The Morgan fingerprint density at radius 1 is 1.17 bits per heavy atom. The summed E-state index contributed by atoms with van der Waals surface area (Å²) in [7, 11) is 0. The third-order valence-electron chi connectivity index (χ3n) is 3.74. The third kappa shape index (κ3) is 2.90. The molecule has 0 aliphatic carbocycles. The van der Waals surface area contributed by atoms with Crippen molar-refractivity contribution < 1.29 is 34.7 Å². The number of fused-ring (bicyclic) bond motifs is 1. The zero-order chi connectivity index (χ0) is 17.4. The van der Waals surface area contributed by atoms with Crippen molar-refractivity contribution in [2.24, 2.45) is 0 Å². The van der Waals surface area contributed by atoms with Gasteiger partial charge < -0.3 is 29.9 Å². The molecular formula is C15H14ClNO7. The standard InChI is InChI=1S/C15H14ClNO7/c16-7-3-4-8(9-6(7)2-1-5-17-9)23-15-12(20)10(18)11(19)13(24-15)14(21)22/h1-5,10-13,15,18-20H,(H,21,22). The number of carbonyl (C=O) groups is 1. The van der Waals surface area contributed by atoms with E-state index in [2.05, 4.69) is 4.98 Å². The third-order valence-corrected chi connectivity index (χ3v) is 4.07. The minimum absolute atomic E-state index is 0.187. The van der Waals surface area contributed by atoms with Gasteiger partial charge in [-0.1, -0.05) is 11.6 Å². The van der Waals surface area contributed by atoms with Gasteiger partial charge in [0, 0.05) is 11.6 Å². The maximum atomic E-state index is 11.1. The molecule has 1 aromatic heterocycles. The van der Waals surface area contributed by atoms with Crippen LogP contribution in [0.25, 0.3) is 10.9 Å². The molecule has 2 aromatic rings. The Morgan fingerprint density at radius 3 is 2.62 bits per heavy atom. The molecule has 0 spiro atoms. The first-order chi connectivity index (χ1) is 11.4. The predicted octanol–water partition coefficient (Wildman–Crippen LogP) is 0.159. The average molecular weight is 356 g/mol. The van der Waals surface area contributed by atoms with Gasteiger partial charge in [-0.15, -0.1) is 0 Å². The first kappa shape index (κ1) is 16.9. The Kier molecular flexibility index (Phi) is 4.57. The summed E-state index contributed by atoms with van der Waals surface area (Å²) in [6, 6.07) is 6.44. The molecule has 1 aromatic carbocycles. The van der Waals surface area contributed by atoms with E-state index in [4.69, 9.17) is 26.2 Å². The minimum Gasteiger partial charge on any atom is -0.479 e. The highest BCUT2D eigenvalue weighted by Gasteiger charge is 2.48. The summed E-state index contributed by atoms with van der Waals surface area (Å²) in [6.07, 6.45) is -6.89. The number of halogens is 1. The smallest absolute Gasteiger partial charge is 0.335 e. The Bertz CT molecular complexity index is 771. The maximum absolute atomic E-state index is 11.1. The molecule has 5 atom stereocenters. The number of carboxylic acid groups (broad SMARTS) is 1. The molecule has 1 aliphatic heterocycles. The number of rotatable bonds is 3. The van der Waals surface area contributed by atoms with E-state index in [1.54, 1.807) is 18.2 Å². The molecule has 24 heavy (non-hydrogen) atoms. The van der Waals surface area contributed by atoms with Gasteiger partial charge in [0.05, 0.1) is 5.02 Å². The van der Waals surface area contributed by atoms with Gasteiger partial charge in [-0.2, -0.15) is 0 Å². The van der Waals surface area contributed by atoms with E-state index in [-0.39, 0.29) is 5.75 Å². The number of aromatic nitrogens is 1. The fourth-order valence-corrected chi connectivity index (χ4v) is 2.70. The Morgan fingerprint density at radius 2 is 1.92 bits per heavy atom. The predicted molar refractivity (Wildman–Crippen MR) is 81.7 cm³/mol. The highest BCUT2D eigenvalue weighted by molar-refractivity contribution is 6.35. The number of ether oxygens (including phenoxy) is 2. The second-order valence-electron chi connectivity index (χ2n) is 5.30. The van der Waals surface area contributed by atoms with Crippen molar-refractivity contribution in [2.45, 2.75) is 30.7 Å². The van der Waals surface area contributed by atoms with E-state index in [0.717, 1.165) is 0 Å². The Labute approximate surface area is 140 Å². The van der Waals surface area contributed by atoms with E-state index < -0.39 is 36.7 Å². The van der Waals surface area contributed by atoms with Crippen molar-refractivity contribution in [3.63, 3.8) is 0 Å².